The minimum absolute atomic E-state index is 2.62. The molecule has 0 atom stereocenters. The van der Waals surface area contributed by atoms with Gasteiger partial charge >= 0.3 is 38.6 Å². The molecule has 0 unspecified atom stereocenters. The maximum absolute atomic E-state index is 7.88. The zero-order valence-corrected chi connectivity index (χ0v) is 3.42. The van der Waals surface area contributed by atoms with Gasteiger partial charge in [-0.1, -0.05) is 0 Å². The van der Waals surface area contributed by atoms with Crippen molar-refractivity contribution in [3.63, 3.8) is 0 Å². The van der Waals surface area contributed by atoms with E-state index in [4.69, 9.17) is 7.79 Å². The van der Waals surface area contributed by atoms with Gasteiger partial charge in [-0.3, -0.25) is 0 Å². The summed E-state index contributed by atoms with van der Waals surface area (Å²) in [6.07, 6.45) is 0. The molecule has 0 radical (unpaired) electrons. The van der Waals surface area contributed by atoms with Gasteiger partial charge in [0.1, 0.15) is 0 Å². The molecule has 0 spiro atoms. The molecule has 0 aliphatic carbocycles. The normalized spacial score (nSPS) is 3.00. The van der Waals surface area contributed by atoms with E-state index in [1.807, 2.05) is 0 Å². The van der Waals surface area contributed by atoms with Crippen LogP contribution >= 0.6 is 0 Å². The minimum atomic E-state index is 2.62. The first-order chi connectivity index (χ1) is 2.00. The Balaban J connectivity index is 0. The van der Waals surface area contributed by atoms with Crippen LogP contribution < -0.4 is 0 Å². The van der Waals surface area contributed by atoms with Gasteiger partial charge in [-0.05, 0) is 0 Å². The van der Waals surface area contributed by atoms with Crippen LogP contribution in [0.3, 0.4) is 0 Å². The predicted octanol–water partition coefficient (Wildman–Crippen LogP) is -0.243. The van der Waals surface area contributed by atoms with Gasteiger partial charge in [0.2, 0.25) is 0 Å². The third-order valence-electron chi connectivity index (χ3n) is 0. The van der Waals surface area contributed by atoms with Crippen molar-refractivity contribution in [3.05, 3.63) is 0 Å². The summed E-state index contributed by atoms with van der Waals surface area (Å²) in [4.78, 5) is 0. The average molecular weight is 149 g/mol. The third kappa shape index (κ3) is 18.9. The van der Waals surface area contributed by atoms with Gasteiger partial charge in [-0.2, -0.15) is 0 Å². The molecule has 0 aliphatic rings. The van der Waals surface area contributed by atoms with E-state index in [-0.39, 0.29) is 0 Å². The van der Waals surface area contributed by atoms with Crippen LogP contribution in [0.5, 0.6) is 0 Å². The fraction of sp³-hybridized carbons (Fsp3) is 0. The summed E-state index contributed by atoms with van der Waals surface area (Å²) in [5.74, 6) is 0. The molecule has 0 N–H and O–H groups in total. The first-order valence-corrected chi connectivity index (χ1v) is 1.06. The molecule has 0 fully saturated rings. The van der Waals surface area contributed by atoms with E-state index < -0.39 is 0 Å². The van der Waals surface area contributed by atoms with Gasteiger partial charge in [0.15, 0.2) is 0 Å². The predicted molar refractivity (Wildman–Crippen MR) is 1.37 cm³/mol. The second-order valence-corrected chi connectivity index (χ2v) is 0. The van der Waals surface area contributed by atoms with Crippen LogP contribution in [0, 0.1) is 0 Å². The van der Waals surface area contributed by atoms with Gasteiger partial charge in [-0.25, -0.2) is 0 Å². The summed E-state index contributed by atoms with van der Waals surface area (Å²) in [5.41, 5.74) is 0. The van der Waals surface area contributed by atoms with Crippen molar-refractivity contribution in [2.45, 2.75) is 0 Å². The summed E-state index contributed by atoms with van der Waals surface area (Å²) in [6.45, 7) is 0. The maximum atomic E-state index is 7.88. The molecular formula is Ni2O2. The molecule has 0 aromatic carbocycles. The monoisotopic (exact) mass is 148 g/mol. The van der Waals surface area contributed by atoms with E-state index in [2.05, 4.69) is 30.8 Å². The van der Waals surface area contributed by atoms with E-state index >= 15 is 0 Å². The molecule has 0 bridgehead atoms. The molecule has 0 rings (SSSR count). The van der Waals surface area contributed by atoms with E-state index in [1.165, 1.54) is 0 Å². The average Bonchev–Trinajstić information content (AvgIpc) is 1.50. The quantitative estimate of drug-likeness (QED) is 0.446. The molecule has 0 amide bonds. The molecular weight excluding hydrogens is 149 g/mol. The van der Waals surface area contributed by atoms with Gasteiger partial charge < -0.3 is 0 Å². The molecule has 0 heterocycles. The van der Waals surface area contributed by atoms with Crippen molar-refractivity contribution in [1.82, 2.24) is 0 Å². The second kappa shape index (κ2) is 69.7. The van der Waals surface area contributed by atoms with Crippen molar-refractivity contribution < 1.29 is 38.6 Å². The van der Waals surface area contributed by atoms with Crippen molar-refractivity contribution >= 4 is 0 Å². The Morgan fingerprint density at radius 2 is 0.750 bits per heavy atom. The number of hydrogen-bond donors (Lipinski definition) is 0. The molecule has 0 saturated heterocycles. The van der Waals surface area contributed by atoms with E-state index in [9.17, 15) is 0 Å². The first kappa shape index (κ1) is 8.82. The molecule has 4 heteroatoms. The summed E-state index contributed by atoms with van der Waals surface area (Å²) < 4.78 is 15.8. The van der Waals surface area contributed by atoms with E-state index in [1.54, 1.807) is 0 Å². The van der Waals surface area contributed by atoms with Gasteiger partial charge in [0.25, 0.3) is 0 Å². The molecule has 0 saturated carbocycles. The summed E-state index contributed by atoms with van der Waals surface area (Å²) in [5, 5.41) is 0. The van der Waals surface area contributed by atoms with Crippen LogP contribution in [-0.4, -0.2) is 0 Å². The Kier molecular flexibility index (Phi) is 154. The van der Waals surface area contributed by atoms with Crippen molar-refractivity contribution in [2.24, 2.45) is 0 Å². The Labute approximate surface area is 39.1 Å². The van der Waals surface area contributed by atoms with Gasteiger partial charge in [0, 0.05) is 0 Å². The van der Waals surface area contributed by atoms with Gasteiger partial charge in [-0.15, -0.1) is 0 Å². The molecule has 0 aromatic heterocycles. The van der Waals surface area contributed by atoms with Crippen LogP contribution in [0.1, 0.15) is 0 Å². The molecule has 2 nitrogen and oxygen atoms in total. The fourth-order valence-electron chi connectivity index (χ4n) is 0. The fourth-order valence-corrected chi connectivity index (χ4v) is 0. The van der Waals surface area contributed by atoms with E-state index in [0.717, 1.165) is 0 Å². The molecule has 0 aliphatic heterocycles. The molecule has 32 valence electrons. The summed E-state index contributed by atoms with van der Waals surface area (Å²) >= 11 is 5.25. The standard InChI is InChI=1S/2Ni.2O. The summed E-state index contributed by atoms with van der Waals surface area (Å²) in [7, 11) is 0. The zero-order chi connectivity index (χ0) is 4.00. The van der Waals surface area contributed by atoms with Gasteiger partial charge in [0.05, 0.1) is 0 Å². The Morgan fingerprint density at radius 3 is 0.750 bits per heavy atom. The zero-order valence-electron chi connectivity index (χ0n) is 1.45. The topological polar surface area (TPSA) is 34.1 Å². The number of rotatable bonds is 0. The van der Waals surface area contributed by atoms with Crippen molar-refractivity contribution in [3.8, 4) is 0 Å². The van der Waals surface area contributed by atoms with Crippen LogP contribution in [0.4, 0.5) is 0 Å². The molecule has 4 heavy (non-hydrogen) atoms. The molecule has 0 aromatic rings. The van der Waals surface area contributed by atoms with Crippen LogP contribution in [0.15, 0.2) is 0 Å². The first-order valence-electron chi connectivity index (χ1n) is 0.258. The Hall–Kier alpha value is 0.587. The second-order valence-electron chi connectivity index (χ2n) is 0. The van der Waals surface area contributed by atoms with Crippen molar-refractivity contribution in [1.29, 1.82) is 0 Å². The van der Waals surface area contributed by atoms with Crippen LogP contribution in [0.25, 0.3) is 0 Å². The van der Waals surface area contributed by atoms with Crippen LogP contribution in [0.2, 0.25) is 0 Å². The number of hydrogen-bond acceptors (Lipinski definition) is 2. The van der Waals surface area contributed by atoms with Crippen LogP contribution in [-0.2, 0) is 38.6 Å². The van der Waals surface area contributed by atoms with Crippen molar-refractivity contribution in [2.75, 3.05) is 0 Å². The van der Waals surface area contributed by atoms with E-state index in [0.29, 0.717) is 0 Å². The Morgan fingerprint density at radius 1 is 0.750 bits per heavy atom. The SMILES string of the molecule is [O]=[Ni].[O]=[Ni]. The third-order valence-corrected chi connectivity index (χ3v) is 0. The Bertz CT molecular complexity index is 6.00. The summed E-state index contributed by atoms with van der Waals surface area (Å²) in [6, 6.07) is 0.